The van der Waals surface area contributed by atoms with Crippen LogP contribution in [0.25, 0.3) is 0 Å². The number of primary sulfonamides is 1. The highest BCUT2D eigenvalue weighted by Gasteiger charge is 2.36. The highest BCUT2D eigenvalue weighted by molar-refractivity contribution is 7.89. The minimum atomic E-state index is -3.59. The second kappa shape index (κ2) is 5.76. The summed E-state index contributed by atoms with van der Waals surface area (Å²) in [5, 5.41) is 4.38. The van der Waals surface area contributed by atoms with Crippen LogP contribution in [0, 0.1) is 5.92 Å². The number of nitrogens with zero attached hydrogens (tertiary/aromatic N) is 2. The maximum Gasteiger partial charge on any atom is 0.224 e. The molecule has 19 heavy (non-hydrogen) atoms. The predicted molar refractivity (Wildman–Crippen MR) is 72.9 cm³/mol. The maximum atomic E-state index is 11.7. The van der Waals surface area contributed by atoms with Crippen molar-refractivity contribution in [3.05, 3.63) is 0 Å². The molecule has 0 aliphatic carbocycles. The van der Waals surface area contributed by atoms with Gasteiger partial charge in [-0.15, -0.1) is 0 Å². The van der Waals surface area contributed by atoms with Crippen LogP contribution in [0.1, 0.15) is 26.2 Å². The first-order valence-corrected chi connectivity index (χ1v) is 8.49. The zero-order chi connectivity index (χ0) is 14.0. The molecule has 7 heteroatoms. The molecular formula is C12H23N3O3S. The second-order valence-corrected chi connectivity index (χ2v) is 7.62. The van der Waals surface area contributed by atoms with Crippen LogP contribution in [0.15, 0.2) is 0 Å². The fraction of sp³-hybridized carbons (Fsp3) is 0.917. The SMILES string of the molecule is CC1CCN(CCN2CC(S(N)(=O)=O)CC2=O)CC1. The van der Waals surface area contributed by atoms with Crippen LogP contribution in [0.2, 0.25) is 0 Å². The van der Waals surface area contributed by atoms with Gasteiger partial charge in [-0.3, -0.25) is 4.79 Å². The second-order valence-electron chi connectivity index (χ2n) is 5.78. The Balaban J connectivity index is 1.79. The third-order valence-corrected chi connectivity index (χ3v) is 5.45. The van der Waals surface area contributed by atoms with Crippen LogP contribution in [0.4, 0.5) is 0 Å². The molecule has 2 aliphatic heterocycles. The quantitative estimate of drug-likeness (QED) is 0.764. The minimum Gasteiger partial charge on any atom is -0.340 e. The van der Waals surface area contributed by atoms with Crippen molar-refractivity contribution in [3.63, 3.8) is 0 Å². The van der Waals surface area contributed by atoms with Crippen molar-refractivity contribution in [1.82, 2.24) is 9.80 Å². The van der Waals surface area contributed by atoms with E-state index in [4.69, 9.17) is 5.14 Å². The molecule has 2 fully saturated rings. The molecule has 2 heterocycles. The van der Waals surface area contributed by atoms with Crippen molar-refractivity contribution in [1.29, 1.82) is 0 Å². The zero-order valence-corrected chi connectivity index (χ0v) is 12.2. The summed E-state index contributed by atoms with van der Waals surface area (Å²) in [6, 6.07) is 0. The minimum absolute atomic E-state index is 0.0376. The molecule has 0 aromatic rings. The molecule has 0 bridgehead atoms. The van der Waals surface area contributed by atoms with Gasteiger partial charge in [0.15, 0.2) is 0 Å². The van der Waals surface area contributed by atoms with Gasteiger partial charge >= 0.3 is 0 Å². The molecule has 0 spiro atoms. The molecule has 0 radical (unpaired) electrons. The highest BCUT2D eigenvalue weighted by atomic mass is 32.2. The summed E-state index contributed by atoms with van der Waals surface area (Å²) in [5.41, 5.74) is 0. The Labute approximate surface area is 115 Å². The lowest BCUT2D eigenvalue weighted by Gasteiger charge is -2.31. The van der Waals surface area contributed by atoms with Gasteiger partial charge in [0.1, 0.15) is 5.25 Å². The maximum absolute atomic E-state index is 11.7. The Hall–Kier alpha value is -0.660. The fourth-order valence-corrected chi connectivity index (χ4v) is 3.48. The molecule has 2 aliphatic rings. The van der Waals surface area contributed by atoms with E-state index < -0.39 is 15.3 Å². The van der Waals surface area contributed by atoms with Crippen molar-refractivity contribution in [2.45, 2.75) is 31.4 Å². The molecule has 2 saturated heterocycles. The van der Waals surface area contributed by atoms with Crippen molar-refractivity contribution in [3.8, 4) is 0 Å². The largest absolute Gasteiger partial charge is 0.340 e. The van der Waals surface area contributed by atoms with E-state index in [9.17, 15) is 13.2 Å². The van der Waals surface area contributed by atoms with Gasteiger partial charge in [0.05, 0.1) is 0 Å². The summed E-state index contributed by atoms with van der Waals surface area (Å²) in [7, 11) is -3.59. The zero-order valence-electron chi connectivity index (χ0n) is 11.4. The van der Waals surface area contributed by atoms with Crippen molar-refractivity contribution >= 4 is 15.9 Å². The molecule has 1 unspecified atom stereocenters. The first-order chi connectivity index (χ1) is 8.86. The summed E-state index contributed by atoms with van der Waals surface area (Å²) in [6.07, 6.45) is 2.44. The Morgan fingerprint density at radius 2 is 1.89 bits per heavy atom. The van der Waals surface area contributed by atoms with Gasteiger partial charge in [0, 0.05) is 26.1 Å². The normalized spacial score (nSPS) is 27.2. The number of nitrogens with two attached hydrogens (primary N) is 1. The average molecular weight is 289 g/mol. The molecular weight excluding hydrogens is 266 g/mol. The average Bonchev–Trinajstić information content (AvgIpc) is 2.70. The van der Waals surface area contributed by atoms with Crippen molar-refractivity contribution in [2.24, 2.45) is 11.1 Å². The third kappa shape index (κ3) is 3.90. The summed E-state index contributed by atoms with van der Waals surface area (Å²) in [5.74, 6) is 0.695. The first kappa shape index (κ1) is 14.7. The Morgan fingerprint density at radius 3 is 2.42 bits per heavy atom. The summed E-state index contributed by atoms with van der Waals surface area (Å²) < 4.78 is 22.5. The lowest BCUT2D eigenvalue weighted by Crippen LogP contribution is -2.40. The molecule has 1 amide bonds. The Bertz CT molecular complexity index is 430. The number of rotatable bonds is 4. The van der Waals surface area contributed by atoms with E-state index in [-0.39, 0.29) is 18.9 Å². The lowest BCUT2D eigenvalue weighted by molar-refractivity contribution is -0.127. The molecule has 1 atom stereocenters. The van der Waals surface area contributed by atoms with E-state index in [0.29, 0.717) is 6.54 Å². The molecule has 0 aromatic carbocycles. The number of carbonyl (C=O) groups is 1. The number of piperidine rings is 1. The van der Waals surface area contributed by atoms with E-state index >= 15 is 0 Å². The topological polar surface area (TPSA) is 83.7 Å². The fourth-order valence-electron chi connectivity index (χ4n) is 2.72. The van der Waals surface area contributed by atoms with Gasteiger partial charge in [0.25, 0.3) is 0 Å². The molecule has 2 N–H and O–H groups in total. The third-order valence-electron chi connectivity index (χ3n) is 4.21. The summed E-state index contributed by atoms with van der Waals surface area (Å²) >= 11 is 0. The number of carbonyl (C=O) groups excluding carboxylic acids is 1. The van der Waals surface area contributed by atoms with E-state index in [2.05, 4.69) is 11.8 Å². The molecule has 6 nitrogen and oxygen atoms in total. The van der Waals surface area contributed by atoms with Gasteiger partial charge in [-0.1, -0.05) is 6.92 Å². The molecule has 110 valence electrons. The van der Waals surface area contributed by atoms with Crippen LogP contribution in [0.5, 0.6) is 0 Å². The number of amides is 1. The monoisotopic (exact) mass is 289 g/mol. The van der Waals surface area contributed by atoms with Gasteiger partial charge < -0.3 is 9.80 Å². The highest BCUT2D eigenvalue weighted by Crippen LogP contribution is 2.18. The van der Waals surface area contributed by atoms with Crippen molar-refractivity contribution in [2.75, 3.05) is 32.7 Å². The van der Waals surface area contributed by atoms with Gasteiger partial charge in [0.2, 0.25) is 15.9 Å². The smallest absolute Gasteiger partial charge is 0.224 e. The van der Waals surface area contributed by atoms with E-state index in [1.165, 1.54) is 12.8 Å². The Morgan fingerprint density at radius 1 is 1.26 bits per heavy atom. The number of likely N-dealkylation sites (tertiary alicyclic amines) is 2. The molecule has 0 aromatic heterocycles. The first-order valence-electron chi connectivity index (χ1n) is 6.88. The van der Waals surface area contributed by atoms with Crippen LogP contribution in [-0.4, -0.2) is 62.1 Å². The lowest BCUT2D eigenvalue weighted by atomic mass is 9.99. The van der Waals surface area contributed by atoms with E-state index in [0.717, 1.165) is 25.6 Å². The van der Waals surface area contributed by atoms with Crippen LogP contribution >= 0.6 is 0 Å². The summed E-state index contributed by atoms with van der Waals surface area (Å²) in [4.78, 5) is 15.7. The number of hydrogen-bond acceptors (Lipinski definition) is 4. The number of sulfonamides is 1. The van der Waals surface area contributed by atoms with Crippen molar-refractivity contribution < 1.29 is 13.2 Å². The van der Waals surface area contributed by atoms with Gasteiger partial charge in [-0.2, -0.15) is 0 Å². The Kier molecular flexibility index (Phi) is 4.47. The van der Waals surface area contributed by atoms with E-state index in [1.807, 2.05) is 0 Å². The molecule has 0 saturated carbocycles. The van der Waals surface area contributed by atoms with Crippen LogP contribution < -0.4 is 5.14 Å². The predicted octanol–water partition coefficient (Wildman–Crippen LogP) is -0.392. The standard InChI is InChI=1S/C12H23N3O3S/c1-10-2-4-14(5-3-10)6-7-15-9-11(8-12(15)16)19(13,17)18/h10-11H,2-9H2,1H3,(H2,13,17,18). The van der Waals surface area contributed by atoms with E-state index in [1.54, 1.807) is 4.90 Å². The number of hydrogen-bond donors (Lipinski definition) is 1. The van der Waals surface area contributed by atoms with Crippen LogP contribution in [0.3, 0.4) is 0 Å². The summed E-state index contributed by atoms with van der Waals surface area (Å²) in [6.45, 7) is 6.10. The van der Waals surface area contributed by atoms with Crippen LogP contribution in [-0.2, 0) is 14.8 Å². The van der Waals surface area contributed by atoms with Gasteiger partial charge in [-0.05, 0) is 31.8 Å². The molecule has 2 rings (SSSR count). The van der Waals surface area contributed by atoms with Gasteiger partial charge in [-0.25, -0.2) is 13.6 Å².